The molecule has 9 heteroatoms. The second-order valence-electron chi connectivity index (χ2n) is 4.46. The first-order valence-electron chi connectivity index (χ1n) is 6.72. The van der Waals surface area contributed by atoms with E-state index in [1.165, 1.54) is 6.33 Å². The molecule has 0 radical (unpaired) electrons. The minimum absolute atomic E-state index is 0.261. The third kappa shape index (κ3) is 2.98. The summed E-state index contributed by atoms with van der Waals surface area (Å²) in [6.45, 7) is 2.03. The third-order valence-corrected chi connectivity index (χ3v) is 3.65. The van der Waals surface area contributed by atoms with Crippen molar-refractivity contribution in [3.8, 4) is 5.82 Å². The van der Waals surface area contributed by atoms with Gasteiger partial charge < -0.3 is 5.32 Å². The maximum Gasteiger partial charge on any atom is 0.270 e. The summed E-state index contributed by atoms with van der Waals surface area (Å²) < 4.78 is 5.44. The standard InChI is InChI=1S/C13H13N7OS/c1-2-4-9-12(22-19-18-9)13(21)17-10-7-11(15-8-14-10)20-6-3-5-16-20/h3,5-8H,2,4H2,1H3,(H,14,15,17,21). The van der Waals surface area contributed by atoms with Crippen molar-refractivity contribution in [3.05, 3.63) is 41.4 Å². The van der Waals surface area contributed by atoms with Gasteiger partial charge in [-0.05, 0) is 24.0 Å². The topological polar surface area (TPSA) is 98.5 Å². The molecule has 0 bridgehead atoms. The van der Waals surface area contributed by atoms with E-state index in [4.69, 9.17) is 0 Å². The molecular weight excluding hydrogens is 302 g/mol. The fourth-order valence-corrected chi connectivity index (χ4v) is 2.50. The lowest BCUT2D eigenvalue weighted by atomic mass is 10.2. The first kappa shape index (κ1) is 14.3. The molecule has 0 aliphatic heterocycles. The zero-order valence-corrected chi connectivity index (χ0v) is 12.6. The van der Waals surface area contributed by atoms with Gasteiger partial charge in [-0.2, -0.15) is 5.10 Å². The number of hydrogen-bond acceptors (Lipinski definition) is 7. The SMILES string of the molecule is CCCc1nnsc1C(=O)Nc1cc(-n2cccn2)ncn1. The highest BCUT2D eigenvalue weighted by Gasteiger charge is 2.16. The Morgan fingerprint density at radius 2 is 2.32 bits per heavy atom. The molecule has 1 N–H and O–H groups in total. The minimum atomic E-state index is -0.261. The molecule has 22 heavy (non-hydrogen) atoms. The zero-order chi connectivity index (χ0) is 15.4. The molecule has 112 valence electrons. The normalized spacial score (nSPS) is 10.6. The van der Waals surface area contributed by atoms with E-state index in [9.17, 15) is 4.79 Å². The van der Waals surface area contributed by atoms with Crippen molar-refractivity contribution in [3.63, 3.8) is 0 Å². The van der Waals surface area contributed by atoms with E-state index in [1.807, 2.05) is 6.92 Å². The van der Waals surface area contributed by atoms with Crippen LogP contribution in [0.5, 0.6) is 0 Å². The lowest BCUT2D eigenvalue weighted by Gasteiger charge is -2.05. The number of nitrogens with zero attached hydrogens (tertiary/aromatic N) is 6. The Hall–Kier alpha value is -2.68. The van der Waals surface area contributed by atoms with Gasteiger partial charge in [0.2, 0.25) is 0 Å². The number of carbonyl (C=O) groups excluding carboxylic acids is 1. The Labute approximate surface area is 130 Å². The van der Waals surface area contributed by atoms with Gasteiger partial charge in [-0.1, -0.05) is 17.8 Å². The van der Waals surface area contributed by atoms with Crippen molar-refractivity contribution >= 4 is 23.3 Å². The smallest absolute Gasteiger partial charge is 0.270 e. The van der Waals surface area contributed by atoms with Gasteiger partial charge >= 0.3 is 0 Å². The molecule has 3 heterocycles. The molecule has 0 fully saturated rings. The van der Waals surface area contributed by atoms with Crippen LogP contribution in [0.1, 0.15) is 28.7 Å². The first-order chi connectivity index (χ1) is 10.8. The molecule has 3 rings (SSSR count). The summed E-state index contributed by atoms with van der Waals surface area (Å²) in [4.78, 5) is 21.0. The van der Waals surface area contributed by atoms with Crippen LogP contribution in [-0.4, -0.2) is 35.2 Å². The lowest BCUT2D eigenvalue weighted by Crippen LogP contribution is -2.14. The Morgan fingerprint density at radius 1 is 1.41 bits per heavy atom. The number of hydrogen-bond donors (Lipinski definition) is 1. The molecule has 0 unspecified atom stereocenters. The Kier molecular flexibility index (Phi) is 4.15. The number of nitrogens with one attached hydrogen (secondary N) is 1. The van der Waals surface area contributed by atoms with E-state index in [1.54, 1.807) is 29.2 Å². The largest absolute Gasteiger partial charge is 0.306 e. The van der Waals surface area contributed by atoms with Gasteiger partial charge in [0.25, 0.3) is 5.91 Å². The molecule has 0 aromatic carbocycles. The number of carbonyl (C=O) groups is 1. The molecule has 0 aliphatic rings. The maximum atomic E-state index is 12.3. The molecule has 0 aliphatic carbocycles. The Bertz CT molecular complexity index is 768. The Morgan fingerprint density at radius 3 is 3.09 bits per heavy atom. The number of anilines is 1. The van der Waals surface area contributed by atoms with E-state index in [-0.39, 0.29) is 5.91 Å². The van der Waals surface area contributed by atoms with Crippen LogP contribution >= 0.6 is 11.5 Å². The quantitative estimate of drug-likeness (QED) is 0.769. The van der Waals surface area contributed by atoms with Gasteiger partial charge in [0, 0.05) is 18.5 Å². The predicted molar refractivity (Wildman–Crippen MR) is 81.0 cm³/mol. The van der Waals surface area contributed by atoms with E-state index >= 15 is 0 Å². The van der Waals surface area contributed by atoms with Crippen LogP contribution in [-0.2, 0) is 6.42 Å². The molecule has 0 spiro atoms. The van der Waals surface area contributed by atoms with Crippen molar-refractivity contribution < 1.29 is 4.79 Å². The summed E-state index contributed by atoms with van der Waals surface area (Å²) in [5.41, 5.74) is 0.714. The van der Waals surface area contributed by atoms with Crippen LogP contribution < -0.4 is 5.32 Å². The summed E-state index contributed by atoms with van der Waals surface area (Å²) in [6.07, 6.45) is 6.43. The summed E-state index contributed by atoms with van der Waals surface area (Å²) in [7, 11) is 0. The summed E-state index contributed by atoms with van der Waals surface area (Å²) in [6, 6.07) is 3.44. The van der Waals surface area contributed by atoms with Crippen LogP contribution in [0.25, 0.3) is 5.82 Å². The highest BCUT2D eigenvalue weighted by Crippen LogP contribution is 2.15. The zero-order valence-electron chi connectivity index (χ0n) is 11.8. The van der Waals surface area contributed by atoms with Crippen molar-refractivity contribution in [2.45, 2.75) is 19.8 Å². The van der Waals surface area contributed by atoms with Gasteiger partial charge in [-0.15, -0.1) is 5.10 Å². The maximum absolute atomic E-state index is 12.3. The van der Waals surface area contributed by atoms with E-state index in [2.05, 4.69) is 30.0 Å². The average Bonchev–Trinajstić information content (AvgIpc) is 3.19. The van der Waals surface area contributed by atoms with Gasteiger partial charge in [0.15, 0.2) is 5.82 Å². The first-order valence-corrected chi connectivity index (χ1v) is 7.50. The second-order valence-corrected chi connectivity index (χ2v) is 5.22. The Balaban J connectivity index is 1.79. The predicted octanol–water partition coefficient (Wildman–Crippen LogP) is 1.72. The van der Waals surface area contributed by atoms with Crippen molar-refractivity contribution in [1.29, 1.82) is 0 Å². The molecular formula is C13H13N7OS. The number of rotatable bonds is 5. The number of amides is 1. The van der Waals surface area contributed by atoms with Crippen LogP contribution in [0.2, 0.25) is 0 Å². The number of aromatic nitrogens is 6. The summed E-state index contributed by atoms with van der Waals surface area (Å²) in [5, 5.41) is 10.8. The van der Waals surface area contributed by atoms with Crippen LogP contribution in [0.15, 0.2) is 30.9 Å². The van der Waals surface area contributed by atoms with Crippen molar-refractivity contribution in [2.75, 3.05) is 5.32 Å². The summed E-state index contributed by atoms with van der Waals surface area (Å²) in [5.74, 6) is 0.719. The van der Waals surface area contributed by atoms with Crippen molar-refractivity contribution in [1.82, 2.24) is 29.3 Å². The highest BCUT2D eigenvalue weighted by molar-refractivity contribution is 7.08. The third-order valence-electron chi connectivity index (χ3n) is 2.88. The minimum Gasteiger partial charge on any atom is -0.306 e. The molecule has 8 nitrogen and oxygen atoms in total. The van der Waals surface area contributed by atoms with Gasteiger partial charge in [-0.25, -0.2) is 14.6 Å². The van der Waals surface area contributed by atoms with Gasteiger partial charge in [0.05, 0.1) is 5.69 Å². The van der Waals surface area contributed by atoms with Crippen LogP contribution in [0.4, 0.5) is 5.82 Å². The van der Waals surface area contributed by atoms with Crippen molar-refractivity contribution in [2.24, 2.45) is 0 Å². The van der Waals surface area contributed by atoms with Crippen LogP contribution in [0.3, 0.4) is 0 Å². The lowest BCUT2D eigenvalue weighted by molar-refractivity contribution is 0.102. The molecule has 0 saturated carbocycles. The molecule has 1 amide bonds. The summed E-state index contributed by atoms with van der Waals surface area (Å²) >= 11 is 1.08. The molecule has 0 atom stereocenters. The number of aryl methyl sites for hydroxylation is 1. The fraction of sp³-hybridized carbons (Fsp3) is 0.231. The van der Waals surface area contributed by atoms with Gasteiger partial charge in [0.1, 0.15) is 17.0 Å². The molecule has 0 saturated heterocycles. The molecule has 3 aromatic heterocycles. The monoisotopic (exact) mass is 315 g/mol. The van der Waals surface area contributed by atoms with Crippen LogP contribution in [0, 0.1) is 0 Å². The van der Waals surface area contributed by atoms with Gasteiger partial charge in [-0.3, -0.25) is 4.79 Å². The average molecular weight is 315 g/mol. The van der Waals surface area contributed by atoms with E-state index in [0.29, 0.717) is 22.2 Å². The molecule has 3 aromatic rings. The fourth-order valence-electron chi connectivity index (χ4n) is 1.90. The van der Waals surface area contributed by atoms with E-state index < -0.39 is 0 Å². The highest BCUT2D eigenvalue weighted by atomic mass is 32.1. The van der Waals surface area contributed by atoms with E-state index in [0.717, 1.165) is 24.4 Å². The second kappa shape index (κ2) is 6.39.